The van der Waals surface area contributed by atoms with E-state index in [0.29, 0.717) is 10.4 Å². The summed E-state index contributed by atoms with van der Waals surface area (Å²) < 4.78 is 11.5. The number of carbonyl (C=O) groups excluding carboxylic acids is 1. The Morgan fingerprint density at radius 3 is 2.58 bits per heavy atom. The molecule has 0 saturated heterocycles. The number of carbonyl (C=O) groups is 1. The van der Waals surface area contributed by atoms with Crippen LogP contribution in [0.1, 0.15) is 27.4 Å². The molecule has 3 rings (SSSR count). The van der Waals surface area contributed by atoms with Gasteiger partial charge in [0.1, 0.15) is 5.58 Å². The normalized spacial score (nSPS) is 11.1. The highest BCUT2D eigenvalue weighted by Crippen LogP contribution is 2.28. The third-order valence-corrected chi connectivity index (χ3v) is 3.52. The Labute approximate surface area is 118 Å². The molecule has 19 heavy (non-hydrogen) atoms. The quantitative estimate of drug-likeness (QED) is 0.647. The summed E-state index contributed by atoms with van der Waals surface area (Å²) >= 11 is 3.19. The zero-order valence-corrected chi connectivity index (χ0v) is 12.1. The molecule has 3 nitrogen and oxygen atoms in total. The summed E-state index contributed by atoms with van der Waals surface area (Å²) in [6, 6.07) is 9.22. The lowest BCUT2D eigenvalue weighted by Crippen LogP contribution is -1.99. The first kappa shape index (κ1) is 12.2. The van der Waals surface area contributed by atoms with E-state index in [9.17, 15) is 4.79 Å². The zero-order chi connectivity index (χ0) is 13.6. The maximum absolute atomic E-state index is 12.3. The lowest BCUT2D eigenvalue weighted by atomic mass is 10.1. The lowest BCUT2D eigenvalue weighted by molar-refractivity contribution is 0.0983. The van der Waals surface area contributed by atoms with Crippen LogP contribution < -0.4 is 0 Å². The van der Waals surface area contributed by atoms with Crippen molar-refractivity contribution in [2.24, 2.45) is 0 Å². The summed E-state index contributed by atoms with van der Waals surface area (Å²) in [5.74, 6) is 0.366. The van der Waals surface area contributed by atoms with Crippen LogP contribution in [0.5, 0.6) is 0 Å². The number of ketones is 1. The Morgan fingerprint density at radius 2 is 1.89 bits per heavy atom. The molecule has 0 amide bonds. The second-order valence-electron chi connectivity index (χ2n) is 4.49. The van der Waals surface area contributed by atoms with E-state index in [2.05, 4.69) is 15.9 Å². The van der Waals surface area contributed by atoms with Crippen molar-refractivity contribution < 1.29 is 13.6 Å². The van der Waals surface area contributed by atoms with Crippen LogP contribution in [0.15, 0.2) is 43.8 Å². The van der Waals surface area contributed by atoms with E-state index in [0.717, 1.165) is 22.1 Å². The molecule has 0 radical (unpaired) electrons. The van der Waals surface area contributed by atoms with E-state index in [-0.39, 0.29) is 11.5 Å². The van der Waals surface area contributed by atoms with E-state index in [4.69, 9.17) is 8.83 Å². The largest absolute Gasteiger partial charge is 0.452 e. The van der Waals surface area contributed by atoms with Crippen molar-refractivity contribution in [3.63, 3.8) is 0 Å². The van der Waals surface area contributed by atoms with Crippen LogP contribution >= 0.6 is 15.9 Å². The van der Waals surface area contributed by atoms with Gasteiger partial charge in [-0.15, -0.1) is 0 Å². The predicted octanol–water partition coefficient (Wildman–Crippen LogP) is 4.64. The fourth-order valence-corrected chi connectivity index (χ4v) is 2.40. The average Bonchev–Trinajstić information content (AvgIpc) is 2.93. The summed E-state index contributed by atoms with van der Waals surface area (Å²) in [5.41, 5.74) is 2.67. The van der Waals surface area contributed by atoms with Gasteiger partial charge in [-0.3, -0.25) is 4.79 Å². The summed E-state index contributed by atoms with van der Waals surface area (Å²) in [4.78, 5) is 12.3. The van der Waals surface area contributed by atoms with Crippen LogP contribution in [0, 0.1) is 13.8 Å². The van der Waals surface area contributed by atoms with Gasteiger partial charge in [0.05, 0.1) is 0 Å². The number of furan rings is 2. The van der Waals surface area contributed by atoms with Crippen molar-refractivity contribution in [3.05, 3.63) is 57.6 Å². The number of hydrogen-bond acceptors (Lipinski definition) is 3. The van der Waals surface area contributed by atoms with Gasteiger partial charge in [0.15, 0.2) is 16.2 Å². The van der Waals surface area contributed by atoms with Gasteiger partial charge in [-0.05, 0) is 53.5 Å². The molecule has 0 aliphatic heterocycles. The van der Waals surface area contributed by atoms with Crippen molar-refractivity contribution in [1.82, 2.24) is 0 Å². The molecule has 0 N–H and O–H groups in total. The highest BCUT2D eigenvalue weighted by molar-refractivity contribution is 9.10. The third-order valence-electron chi connectivity index (χ3n) is 3.10. The topological polar surface area (TPSA) is 43.4 Å². The van der Waals surface area contributed by atoms with Gasteiger partial charge in [-0.25, -0.2) is 0 Å². The SMILES string of the molecule is Cc1ccc2c(C)c(C(=O)c3ccc(Br)o3)oc2c1. The number of fused-ring (bicyclic) bond motifs is 1. The molecule has 0 aliphatic rings. The lowest BCUT2D eigenvalue weighted by Gasteiger charge is -1.94. The van der Waals surface area contributed by atoms with Gasteiger partial charge >= 0.3 is 0 Å². The molecule has 96 valence electrons. The highest BCUT2D eigenvalue weighted by atomic mass is 79.9. The second-order valence-corrected chi connectivity index (χ2v) is 5.27. The predicted molar refractivity (Wildman–Crippen MR) is 75.5 cm³/mol. The molecule has 0 aliphatic carbocycles. The van der Waals surface area contributed by atoms with Gasteiger partial charge in [-0.2, -0.15) is 0 Å². The molecule has 3 aromatic rings. The van der Waals surface area contributed by atoms with E-state index in [1.165, 1.54) is 0 Å². The van der Waals surface area contributed by atoms with E-state index in [1.807, 2.05) is 32.0 Å². The summed E-state index contributed by atoms with van der Waals surface area (Å²) in [5, 5.41) is 0.958. The molecule has 0 saturated carbocycles. The monoisotopic (exact) mass is 318 g/mol. The molecule has 0 atom stereocenters. The van der Waals surface area contributed by atoms with Crippen LogP contribution in [0.4, 0.5) is 0 Å². The maximum Gasteiger partial charge on any atom is 0.263 e. The fraction of sp³-hybridized carbons (Fsp3) is 0.133. The van der Waals surface area contributed by atoms with Gasteiger partial charge in [0.25, 0.3) is 5.78 Å². The van der Waals surface area contributed by atoms with Crippen LogP contribution in [0.3, 0.4) is 0 Å². The molecule has 4 heteroatoms. The van der Waals surface area contributed by atoms with Crippen molar-refractivity contribution in [3.8, 4) is 0 Å². The number of aryl methyl sites for hydroxylation is 2. The first-order valence-electron chi connectivity index (χ1n) is 5.86. The van der Waals surface area contributed by atoms with Crippen LogP contribution in [-0.4, -0.2) is 5.78 Å². The van der Waals surface area contributed by atoms with Crippen LogP contribution in [0.25, 0.3) is 11.0 Å². The Hall–Kier alpha value is -1.81. The summed E-state index contributed by atoms with van der Waals surface area (Å²) in [6.45, 7) is 3.87. The molecule has 2 heterocycles. The molecular weight excluding hydrogens is 308 g/mol. The zero-order valence-electron chi connectivity index (χ0n) is 10.5. The van der Waals surface area contributed by atoms with E-state index >= 15 is 0 Å². The summed E-state index contributed by atoms with van der Waals surface area (Å²) in [7, 11) is 0. The van der Waals surface area contributed by atoms with Gasteiger partial charge < -0.3 is 8.83 Å². The first-order chi connectivity index (χ1) is 9.06. The first-order valence-corrected chi connectivity index (χ1v) is 6.65. The molecular formula is C15H11BrO3. The fourth-order valence-electron chi connectivity index (χ4n) is 2.10. The molecule has 1 aromatic carbocycles. The Morgan fingerprint density at radius 1 is 1.11 bits per heavy atom. The molecule has 0 bridgehead atoms. The number of benzene rings is 1. The molecule has 0 fully saturated rings. The summed E-state index contributed by atoms with van der Waals surface area (Å²) in [6.07, 6.45) is 0. The minimum atomic E-state index is -0.239. The smallest absolute Gasteiger partial charge is 0.263 e. The Kier molecular flexibility index (Phi) is 2.82. The maximum atomic E-state index is 12.3. The Balaban J connectivity index is 2.15. The number of halogens is 1. The van der Waals surface area contributed by atoms with E-state index in [1.54, 1.807) is 12.1 Å². The van der Waals surface area contributed by atoms with E-state index < -0.39 is 0 Å². The van der Waals surface area contributed by atoms with Gasteiger partial charge in [-0.1, -0.05) is 12.1 Å². The van der Waals surface area contributed by atoms with Crippen molar-refractivity contribution in [2.45, 2.75) is 13.8 Å². The average molecular weight is 319 g/mol. The highest BCUT2D eigenvalue weighted by Gasteiger charge is 2.21. The standard InChI is InChI=1S/C15H11BrO3/c1-8-3-4-10-9(2)15(19-12(10)7-8)14(17)11-5-6-13(16)18-11/h3-7H,1-2H3. The molecule has 0 spiro atoms. The van der Waals surface area contributed by atoms with Gasteiger partial charge in [0, 0.05) is 10.9 Å². The second kappa shape index (κ2) is 4.38. The third kappa shape index (κ3) is 2.02. The number of rotatable bonds is 2. The Bertz CT molecular complexity index is 780. The minimum absolute atomic E-state index is 0.239. The molecule has 0 unspecified atom stereocenters. The number of hydrogen-bond donors (Lipinski definition) is 0. The van der Waals surface area contributed by atoms with Crippen molar-refractivity contribution in [1.29, 1.82) is 0 Å². The van der Waals surface area contributed by atoms with Crippen LogP contribution in [0.2, 0.25) is 0 Å². The van der Waals surface area contributed by atoms with Crippen molar-refractivity contribution in [2.75, 3.05) is 0 Å². The molecule has 2 aromatic heterocycles. The minimum Gasteiger partial charge on any atom is -0.452 e. The van der Waals surface area contributed by atoms with Crippen LogP contribution in [-0.2, 0) is 0 Å². The van der Waals surface area contributed by atoms with Gasteiger partial charge in [0.2, 0.25) is 0 Å². The van der Waals surface area contributed by atoms with Crippen molar-refractivity contribution >= 4 is 32.7 Å².